The van der Waals surface area contributed by atoms with Crippen LogP contribution in [-0.2, 0) is 13.1 Å². The molecule has 154 valence electrons. The average molecular weight is 408 g/mol. The molecule has 0 aliphatic carbocycles. The third kappa shape index (κ3) is 4.07. The normalized spacial score (nSPS) is 10.7. The van der Waals surface area contributed by atoms with Gasteiger partial charge in [0, 0.05) is 11.6 Å². The zero-order valence-electron chi connectivity index (χ0n) is 16.5. The lowest BCUT2D eigenvalue weighted by Crippen LogP contribution is -2.29. The predicted octanol–water partition coefficient (Wildman–Crippen LogP) is 4.39. The molecule has 8 nitrogen and oxygen atoms in total. The number of methoxy groups -OCH3 is 2. The number of amides is 1. The first-order valence-corrected chi connectivity index (χ1v) is 9.21. The maximum Gasteiger partial charge on any atom is 0.290 e. The molecule has 30 heavy (non-hydrogen) atoms. The molecule has 0 N–H and O–H groups in total. The topological polar surface area (TPSA) is 91.1 Å². The molecule has 4 rings (SSSR count). The lowest BCUT2D eigenvalue weighted by Gasteiger charge is -2.19. The van der Waals surface area contributed by atoms with E-state index in [2.05, 4.69) is 5.16 Å². The number of rotatable bonds is 8. The Hall–Kier alpha value is -3.94. The van der Waals surface area contributed by atoms with Crippen molar-refractivity contribution in [2.24, 2.45) is 0 Å². The molecule has 1 aromatic carbocycles. The van der Waals surface area contributed by atoms with Crippen LogP contribution in [0.25, 0.3) is 11.3 Å². The van der Waals surface area contributed by atoms with Crippen LogP contribution in [0.5, 0.6) is 11.5 Å². The zero-order chi connectivity index (χ0) is 20.9. The van der Waals surface area contributed by atoms with Crippen molar-refractivity contribution in [1.82, 2.24) is 10.1 Å². The molecule has 0 saturated heterocycles. The number of furan rings is 2. The molecule has 3 aromatic heterocycles. The molecule has 1 amide bonds. The molecule has 4 aromatic rings. The van der Waals surface area contributed by atoms with Gasteiger partial charge in [-0.2, -0.15) is 0 Å². The van der Waals surface area contributed by atoms with Crippen LogP contribution in [0.1, 0.15) is 22.0 Å². The molecule has 0 unspecified atom stereocenters. The summed E-state index contributed by atoms with van der Waals surface area (Å²) in [6.07, 6.45) is 3.03. The first kappa shape index (κ1) is 19.4. The zero-order valence-corrected chi connectivity index (χ0v) is 16.5. The molecule has 0 aliphatic rings. The van der Waals surface area contributed by atoms with Crippen LogP contribution in [0.2, 0.25) is 0 Å². The van der Waals surface area contributed by atoms with Gasteiger partial charge in [0.05, 0.1) is 39.8 Å². The maximum atomic E-state index is 12.9. The van der Waals surface area contributed by atoms with E-state index in [1.54, 1.807) is 67.8 Å². The number of carbonyl (C=O) groups is 1. The average Bonchev–Trinajstić information content (AvgIpc) is 3.55. The molecule has 0 fully saturated rings. The predicted molar refractivity (Wildman–Crippen MR) is 106 cm³/mol. The van der Waals surface area contributed by atoms with Crippen LogP contribution < -0.4 is 9.47 Å². The second kappa shape index (κ2) is 8.60. The number of nitrogens with zero attached hydrogens (tertiary/aromatic N) is 2. The molecule has 0 radical (unpaired) electrons. The highest BCUT2D eigenvalue weighted by atomic mass is 16.5. The van der Waals surface area contributed by atoms with Crippen molar-refractivity contribution in [3.63, 3.8) is 0 Å². The molecule has 0 spiro atoms. The number of ether oxygens (including phenoxy) is 2. The number of hydrogen-bond acceptors (Lipinski definition) is 7. The largest absolute Gasteiger partial charge is 0.493 e. The molecular formula is C22H20N2O6. The number of hydrogen-bond donors (Lipinski definition) is 0. The van der Waals surface area contributed by atoms with Gasteiger partial charge in [-0.05, 0) is 42.5 Å². The van der Waals surface area contributed by atoms with Crippen LogP contribution in [0.4, 0.5) is 0 Å². The summed E-state index contributed by atoms with van der Waals surface area (Å²) in [6, 6.07) is 14.1. The molecule has 0 aliphatic heterocycles. The Morgan fingerprint density at radius 2 is 1.77 bits per heavy atom. The Labute approximate surface area is 172 Å². The van der Waals surface area contributed by atoms with E-state index in [1.807, 2.05) is 6.07 Å². The Bertz CT molecular complexity index is 1100. The quantitative estimate of drug-likeness (QED) is 0.427. The summed E-state index contributed by atoms with van der Waals surface area (Å²) in [5.41, 5.74) is 1.37. The smallest absolute Gasteiger partial charge is 0.290 e. The van der Waals surface area contributed by atoms with E-state index in [1.165, 1.54) is 6.26 Å². The van der Waals surface area contributed by atoms with Crippen LogP contribution in [0, 0.1) is 0 Å². The second-order valence-electron chi connectivity index (χ2n) is 6.47. The minimum absolute atomic E-state index is 0.219. The van der Waals surface area contributed by atoms with Gasteiger partial charge in [0.2, 0.25) is 0 Å². The molecule has 0 saturated carbocycles. The van der Waals surface area contributed by atoms with Crippen molar-refractivity contribution in [3.8, 4) is 22.8 Å². The Morgan fingerprint density at radius 3 is 2.47 bits per heavy atom. The summed E-state index contributed by atoms with van der Waals surface area (Å²) >= 11 is 0. The van der Waals surface area contributed by atoms with Gasteiger partial charge < -0.3 is 27.7 Å². The van der Waals surface area contributed by atoms with E-state index in [-0.39, 0.29) is 24.8 Å². The summed E-state index contributed by atoms with van der Waals surface area (Å²) in [5.74, 6) is 2.38. The van der Waals surface area contributed by atoms with Crippen LogP contribution in [0.15, 0.2) is 74.4 Å². The monoisotopic (exact) mass is 408 g/mol. The van der Waals surface area contributed by atoms with Gasteiger partial charge in [-0.25, -0.2) is 0 Å². The van der Waals surface area contributed by atoms with Gasteiger partial charge >= 0.3 is 0 Å². The van der Waals surface area contributed by atoms with E-state index in [4.69, 9.17) is 22.8 Å². The first-order chi connectivity index (χ1) is 14.7. The molecule has 0 bridgehead atoms. The Morgan fingerprint density at radius 1 is 0.967 bits per heavy atom. The Balaban J connectivity index is 1.57. The van der Waals surface area contributed by atoms with Gasteiger partial charge in [-0.1, -0.05) is 5.16 Å². The van der Waals surface area contributed by atoms with Gasteiger partial charge in [0.15, 0.2) is 23.0 Å². The third-order valence-electron chi connectivity index (χ3n) is 4.53. The number of carbonyl (C=O) groups excluding carboxylic acids is 1. The van der Waals surface area contributed by atoms with Crippen molar-refractivity contribution >= 4 is 5.91 Å². The summed E-state index contributed by atoms with van der Waals surface area (Å²) < 4.78 is 26.8. The van der Waals surface area contributed by atoms with Gasteiger partial charge in [0.25, 0.3) is 5.91 Å². The maximum absolute atomic E-state index is 12.9. The van der Waals surface area contributed by atoms with Crippen molar-refractivity contribution in [1.29, 1.82) is 0 Å². The van der Waals surface area contributed by atoms with E-state index >= 15 is 0 Å². The summed E-state index contributed by atoms with van der Waals surface area (Å²) in [4.78, 5) is 14.4. The van der Waals surface area contributed by atoms with E-state index < -0.39 is 0 Å². The number of aromatic nitrogens is 1. The van der Waals surface area contributed by atoms with Crippen molar-refractivity contribution in [2.45, 2.75) is 13.1 Å². The molecule has 8 heteroatoms. The standard InChI is InChI=1S/C22H20N2O6/c1-26-18-8-7-15(11-21(18)27-2)20-12-16(23-30-20)13-24(14-17-5-3-9-28-17)22(25)19-6-4-10-29-19/h3-12H,13-14H2,1-2H3. The minimum Gasteiger partial charge on any atom is -0.493 e. The fourth-order valence-corrected chi connectivity index (χ4v) is 3.05. The van der Waals surface area contributed by atoms with Crippen molar-refractivity contribution < 1.29 is 27.6 Å². The van der Waals surface area contributed by atoms with Crippen LogP contribution in [-0.4, -0.2) is 30.2 Å². The Kier molecular flexibility index (Phi) is 5.56. The molecule has 0 atom stereocenters. The van der Waals surface area contributed by atoms with Crippen molar-refractivity contribution in [3.05, 3.63) is 78.3 Å². The number of benzene rings is 1. The highest BCUT2D eigenvalue weighted by molar-refractivity contribution is 5.91. The van der Waals surface area contributed by atoms with Crippen LogP contribution in [0.3, 0.4) is 0 Å². The fourth-order valence-electron chi connectivity index (χ4n) is 3.05. The van der Waals surface area contributed by atoms with Gasteiger partial charge in [-0.15, -0.1) is 0 Å². The van der Waals surface area contributed by atoms with Gasteiger partial charge in [0.1, 0.15) is 11.5 Å². The lowest BCUT2D eigenvalue weighted by molar-refractivity contribution is 0.0681. The highest BCUT2D eigenvalue weighted by Gasteiger charge is 2.22. The van der Waals surface area contributed by atoms with E-state index in [0.717, 1.165) is 5.56 Å². The van der Waals surface area contributed by atoms with Gasteiger partial charge in [-0.3, -0.25) is 4.79 Å². The highest BCUT2D eigenvalue weighted by Crippen LogP contribution is 2.32. The lowest BCUT2D eigenvalue weighted by atomic mass is 10.1. The van der Waals surface area contributed by atoms with E-state index in [0.29, 0.717) is 28.7 Å². The first-order valence-electron chi connectivity index (χ1n) is 9.21. The minimum atomic E-state index is -0.271. The fraction of sp³-hybridized carbons (Fsp3) is 0.182. The van der Waals surface area contributed by atoms with E-state index in [9.17, 15) is 4.79 Å². The SMILES string of the molecule is COc1ccc(-c2cc(CN(Cc3ccco3)C(=O)c3ccco3)no2)cc1OC. The van der Waals surface area contributed by atoms with Crippen molar-refractivity contribution in [2.75, 3.05) is 14.2 Å². The molecular weight excluding hydrogens is 388 g/mol. The third-order valence-corrected chi connectivity index (χ3v) is 4.53. The summed E-state index contributed by atoms with van der Waals surface area (Å²) in [6.45, 7) is 0.488. The molecule has 3 heterocycles. The van der Waals surface area contributed by atoms with Crippen LogP contribution >= 0.6 is 0 Å². The summed E-state index contributed by atoms with van der Waals surface area (Å²) in [5, 5.41) is 4.12. The summed E-state index contributed by atoms with van der Waals surface area (Å²) in [7, 11) is 3.15. The second-order valence-corrected chi connectivity index (χ2v) is 6.47.